The van der Waals surface area contributed by atoms with E-state index in [1.54, 1.807) is 31.3 Å². The lowest BCUT2D eigenvalue weighted by Crippen LogP contribution is -2.27. The fraction of sp³-hybridized carbons (Fsp3) is 0.158. The van der Waals surface area contributed by atoms with Gasteiger partial charge in [0.05, 0.1) is 11.4 Å². The molecule has 1 aromatic carbocycles. The average Bonchev–Trinajstić information content (AvgIpc) is 2.65. The van der Waals surface area contributed by atoms with E-state index in [2.05, 4.69) is 10.1 Å². The molecule has 0 fully saturated rings. The Bertz CT molecular complexity index is 908. The Balaban J connectivity index is 1.74. The third-order valence-electron chi connectivity index (χ3n) is 3.63. The molecular formula is C19H17N3O3. The van der Waals surface area contributed by atoms with Crippen LogP contribution in [0.5, 0.6) is 0 Å². The molecule has 0 aliphatic rings. The first-order valence-electron chi connectivity index (χ1n) is 7.87. The van der Waals surface area contributed by atoms with Gasteiger partial charge in [-0.25, -0.2) is 4.68 Å². The molecule has 0 spiro atoms. The fourth-order valence-corrected chi connectivity index (χ4v) is 2.36. The molecule has 0 aliphatic heterocycles. The zero-order chi connectivity index (χ0) is 17.6. The van der Waals surface area contributed by atoms with Crippen molar-refractivity contribution in [1.82, 2.24) is 14.8 Å². The van der Waals surface area contributed by atoms with E-state index in [-0.39, 0.29) is 12.1 Å². The number of hydrogen-bond donors (Lipinski definition) is 0. The highest BCUT2D eigenvalue weighted by Crippen LogP contribution is 2.15. The van der Waals surface area contributed by atoms with E-state index >= 15 is 0 Å². The molecule has 0 N–H and O–H groups in total. The van der Waals surface area contributed by atoms with Crippen molar-refractivity contribution >= 4 is 5.97 Å². The summed E-state index contributed by atoms with van der Waals surface area (Å²) in [7, 11) is 0. The normalized spacial score (nSPS) is 11.7. The molecule has 6 nitrogen and oxygen atoms in total. The van der Waals surface area contributed by atoms with E-state index in [4.69, 9.17) is 4.74 Å². The summed E-state index contributed by atoms with van der Waals surface area (Å²) in [5.74, 6) is -0.544. The minimum Gasteiger partial charge on any atom is -0.455 e. The number of carbonyl (C=O) groups is 1. The van der Waals surface area contributed by atoms with Gasteiger partial charge in [0.2, 0.25) is 0 Å². The van der Waals surface area contributed by atoms with Gasteiger partial charge in [-0.15, -0.1) is 0 Å². The highest BCUT2D eigenvalue weighted by atomic mass is 16.5. The highest BCUT2D eigenvalue weighted by molar-refractivity contribution is 5.69. The summed E-state index contributed by atoms with van der Waals surface area (Å²) in [6, 6.07) is 17.9. The number of esters is 1. The molecule has 0 saturated heterocycles. The van der Waals surface area contributed by atoms with Crippen molar-refractivity contribution < 1.29 is 9.53 Å². The second-order valence-electron chi connectivity index (χ2n) is 5.47. The molecule has 0 bridgehead atoms. The van der Waals surface area contributed by atoms with E-state index < -0.39 is 12.1 Å². The second-order valence-corrected chi connectivity index (χ2v) is 5.47. The number of ether oxygens (including phenoxy) is 1. The van der Waals surface area contributed by atoms with Gasteiger partial charge in [0.25, 0.3) is 5.56 Å². The molecule has 25 heavy (non-hydrogen) atoms. The van der Waals surface area contributed by atoms with Gasteiger partial charge < -0.3 is 4.74 Å². The molecule has 0 radical (unpaired) electrons. The Hall–Kier alpha value is -3.28. The zero-order valence-corrected chi connectivity index (χ0v) is 13.7. The quantitative estimate of drug-likeness (QED) is 0.670. The van der Waals surface area contributed by atoms with Crippen LogP contribution in [0.1, 0.15) is 18.7 Å². The van der Waals surface area contributed by atoms with Gasteiger partial charge in [-0.3, -0.25) is 14.6 Å². The van der Waals surface area contributed by atoms with Crippen molar-refractivity contribution in [2.24, 2.45) is 0 Å². The third kappa shape index (κ3) is 4.17. The van der Waals surface area contributed by atoms with Gasteiger partial charge in [-0.05, 0) is 25.1 Å². The molecule has 6 heteroatoms. The average molecular weight is 335 g/mol. The summed E-state index contributed by atoms with van der Waals surface area (Å²) in [6.07, 6.45) is 1.14. The molecule has 0 saturated carbocycles. The Kier molecular flexibility index (Phi) is 4.99. The van der Waals surface area contributed by atoms with Gasteiger partial charge in [-0.1, -0.05) is 36.4 Å². The number of aromatic nitrogens is 3. The summed E-state index contributed by atoms with van der Waals surface area (Å²) in [6.45, 7) is 1.48. The molecule has 0 aliphatic carbocycles. The molecule has 126 valence electrons. The monoisotopic (exact) mass is 335 g/mol. The van der Waals surface area contributed by atoms with Crippen LogP contribution in [-0.4, -0.2) is 20.7 Å². The number of benzene rings is 1. The van der Waals surface area contributed by atoms with Gasteiger partial charge in [0.1, 0.15) is 12.6 Å². The van der Waals surface area contributed by atoms with Crippen molar-refractivity contribution in [1.29, 1.82) is 0 Å². The predicted molar refractivity (Wildman–Crippen MR) is 92.7 cm³/mol. The lowest BCUT2D eigenvalue weighted by molar-refractivity contribution is -0.149. The lowest BCUT2D eigenvalue weighted by atomic mass is 10.1. The molecule has 0 amide bonds. The van der Waals surface area contributed by atoms with Crippen LogP contribution in [0.15, 0.2) is 71.7 Å². The first-order valence-corrected chi connectivity index (χ1v) is 7.87. The van der Waals surface area contributed by atoms with E-state index in [0.717, 1.165) is 10.2 Å². The van der Waals surface area contributed by atoms with E-state index in [0.29, 0.717) is 11.4 Å². The molecule has 2 heterocycles. The van der Waals surface area contributed by atoms with Crippen LogP contribution in [0.25, 0.3) is 11.3 Å². The van der Waals surface area contributed by atoms with Crippen molar-refractivity contribution in [3.63, 3.8) is 0 Å². The summed E-state index contributed by atoms with van der Waals surface area (Å²) >= 11 is 0. The van der Waals surface area contributed by atoms with Crippen LogP contribution in [-0.2, 0) is 16.1 Å². The third-order valence-corrected chi connectivity index (χ3v) is 3.63. The van der Waals surface area contributed by atoms with E-state index in [1.165, 1.54) is 6.07 Å². The summed E-state index contributed by atoms with van der Waals surface area (Å²) in [4.78, 5) is 28.3. The number of nitrogens with zero attached hydrogens (tertiary/aromatic N) is 3. The minimum atomic E-state index is -0.544. The van der Waals surface area contributed by atoms with Crippen LogP contribution >= 0.6 is 0 Å². The number of pyridine rings is 1. The summed E-state index contributed by atoms with van der Waals surface area (Å²) < 4.78 is 6.45. The number of carbonyl (C=O) groups excluding carboxylic acids is 1. The topological polar surface area (TPSA) is 74.1 Å². The van der Waals surface area contributed by atoms with Crippen molar-refractivity contribution in [2.75, 3.05) is 0 Å². The first-order chi connectivity index (χ1) is 12.1. The predicted octanol–water partition coefficient (Wildman–Crippen LogP) is 2.61. The largest absolute Gasteiger partial charge is 0.455 e. The SMILES string of the molecule is C[C@H](OC(=O)Cn1nc(-c2ccccc2)ccc1=O)c1ccccn1. The maximum atomic E-state index is 12.1. The molecule has 2 aromatic heterocycles. The van der Waals surface area contributed by atoms with Crippen LogP contribution in [0.3, 0.4) is 0 Å². The van der Waals surface area contributed by atoms with Gasteiger partial charge in [-0.2, -0.15) is 5.10 Å². The second kappa shape index (κ2) is 7.53. The van der Waals surface area contributed by atoms with Crippen molar-refractivity contribution in [3.8, 4) is 11.3 Å². The van der Waals surface area contributed by atoms with E-state index in [9.17, 15) is 9.59 Å². The number of rotatable bonds is 5. The molecule has 0 unspecified atom stereocenters. The van der Waals surface area contributed by atoms with Gasteiger partial charge in [0.15, 0.2) is 0 Å². The Labute approximate surface area is 144 Å². The standard InChI is InChI=1S/C19H17N3O3/c1-14(16-9-5-6-12-20-16)25-19(24)13-22-18(23)11-10-17(21-22)15-7-3-2-4-8-15/h2-12,14H,13H2,1H3/t14-/m0/s1. The zero-order valence-electron chi connectivity index (χ0n) is 13.7. The number of hydrogen-bond acceptors (Lipinski definition) is 5. The van der Waals surface area contributed by atoms with Crippen molar-refractivity contribution in [2.45, 2.75) is 19.6 Å². The van der Waals surface area contributed by atoms with Crippen LogP contribution in [0.2, 0.25) is 0 Å². The molecule has 3 rings (SSSR count). The Morgan fingerprint density at radius 1 is 1.08 bits per heavy atom. The van der Waals surface area contributed by atoms with Gasteiger partial charge >= 0.3 is 5.97 Å². The van der Waals surface area contributed by atoms with Crippen LogP contribution in [0, 0.1) is 0 Å². The lowest BCUT2D eigenvalue weighted by Gasteiger charge is -2.13. The fourth-order valence-electron chi connectivity index (χ4n) is 2.36. The Morgan fingerprint density at radius 2 is 1.84 bits per heavy atom. The van der Waals surface area contributed by atoms with Crippen LogP contribution in [0.4, 0.5) is 0 Å². The van der Waals surface area contributed by atoms with Crippen LogP contribution < -0.4 is 5.56 Å². The van der Waals surface area contributed by atoms with E-state index in [1.807, 2.05) is 36.4 Å². The molecule has 3 aromatic rings. The highest BCUT2D eigenvalue weighted by Gasteiger charge is 2.14. The Morgan fingerprint density at radius 3 is 2.56 bits per heavy atom. The maximum Gasteiger partial charge on any atom is 0.328 e. The smallest absolute Gasteiger partial charge is 0.328 e. The summed E-state index contributed by atoms with van der Waals surface area (Å²) in [5.41, 5.74) is 1.77. The summed E-state index contributed by atoms with van der Waals surface area (Å²) in [5, 5.41) is 4.25. The maximum absolute atomic E-state index is 12.1. The first kappa shape index (κ1) is 16.6. The van der Waals surface area contributed by atoms with Crippen molar-refractivity contribution in [3.05, 3.63) is 82.9 Å². The minimum absolute atomic E-state index is 0.253. The molecular weight excluding hydrogens is 318 g/mol. The molecule has 1 atom stereocenters. The van der Waals surface area contributed by atoms with Gasteiger partial charge in [0, 0.05) is 17.8 Å².